The van der Waals surface area contributed by atoms with Gasteiger partial charge in [-0.1, -0.05) is 99.5 Å². The molecule has 1 N–H and O–H groups in total. The second-order valence-corrected chi connectivity index (χ2v) is 10.3. The lowest BCUT2D eigenvalue weighted by atomic mass is 9.96. The van der Waals surface area contributed by atoms with Crippen LogP contribution >= 0.6 is 75.2 Å². The Balaban J connectivity index is 2.15. The van der Waals surface area contributed by atoms with Gasteiger partial charge in [-0.15, -0.1) is 0 Å². The number of hydrogen-bond acceptors (Lipinski definition) is 2. The van der Waals surface area contributed by atoms with Crippen molar-refractivity contribution >= 4 is 91.1 Å². The molecule has 2 rings (SSSR count). The molecule has 2 aromatic rings. The fraction of sp³-hybridized carbons (Fsp3) is 0.273. The predicted molar refractivity (Wildman–Crippen MR) is 141 cm³/mol. The smallest absolute Gasteiger partial charge is 0.371 e. The molecular weight excluding hydrogens is 643 g/mol. The third-order valence-corrected chi connectivity index (χ3v) is 7.18. The summed E-state index contributed by atoms with van der Waals surface area (Å²) in [5.41, 5.74) is 0.866. The molecule has 2 aromatic carbocycles. The maximum Gasteiger partial charge on any atom is 0.405 e. The molecule has 0 fully saturated rings. The van der Waals surface area contributed by atoms with E-state index in [0.717, 1.165) is 18.2 Å². The van der Waals surface area contributed by atoms with Crippen molar-refractivity contribution in [1.29, 1.82) is 0 Å². The largest absolute Gasteiger partial charge is 0.405 e. The van der Waals surface area contributed by atoms with Gasteiger partial charge in [0, 0.05) is 21.3 Å². The van der Waals surface area contributed by atoms with E-state index in [1.807, 2.05) is 0 Å². The minimum absolute atomic E-state index is 0.0287. The lowest BCUT2D eigenvalue weighted by Crippen LogP contribution is -2.32. The third kappa shape index (κ3) is 9.48. The molecule has 0 saturated carbocycles. The Morgan fingerprint density at radius 1 is 0.971 bits per heavy atom. The first kappa shape index (κ1) is 30.3. The molecule has 1 nitrogen and oxygen atoms in total. The normalized spacial score (nSPS) is 13.2. The van der Waals surface area contributed by atoms with Crippen molar-refractivity contribution in [3.63, 3.8) is 0 Å². The van der Waals surface area contributed by atoms with E-state index in [1.165, 1.54) is 6.08 Å². The van der Waals surface area contributed by atoms with Crippen molar-refractivity contribution in [2.45, 2.75) is 31.1 Å². The van der Waals surface area contributed by atoms with Crippen LogP contribution in [0.5, 0.6) is 0 Å². The summed E-state index contributed by atoms with van der Waals surface area (Å²) in [4.78, 5) is 0.461. The standard InChI is InChI=1S/C22H15BrCl3F6NS2/c23-15-7-11(1-3-13(15)18(34)5-6-19(35)33-10-21(27,28)29)2-4-14(22(30,31)32)12-8-16(24)20(26)17(25)9-12/h1-4,7-9,14H,5-6,10H2,(H,33,35)/b4-2+. The summed E-state index contributed by atoms with van der Waals surface area (Å²) in [5, 5.41) is 1.91. The van der Waals surface area contributed by atoms with Crippen molar-refractivity contribution in [1.82, 2.24) is 5.32 Å². The third-order valence-electron chi connectivity index (χ3n) is 4.56. The molecule has 1 atom stereocenters. The van der Waals surface area contributed by atoms with Crippen LogP contribution in [0.1, 0.15) is 35.4 Å². The van der Waals surface area contributed by atoms with E-state index in [0.29, 0.717) is 20.5 Å². The molecule has 0 saturated heterocycles. The van der Waals surface area contributed by atoms with Crippen molar-refractivity contribution in [3.05, 3.63) is 72.6 Å². The van der Waals surface area contributed by atoms with E-state index < -0.39 is 24.8 Å². The van der Waals surface area contributed by atoms with E-state index in [-0.39, 0.29) is 38.5 Å². The molecule has 0 aliphatic carbocycles. The van der Waals surface area contributed by atoms with Crippen molar-refractivity contribution in [2.75, 3.05) is 6.54 Å². The van der Waals surface area contributed by atoms with Crippen LogP contribution in [-0.4, -0.2) is 28.8 Å². The van der Waals surface area contributed by atoms with Gasteiger partial charge in [0.05, 0.1) is 26.0 Å². The number of allylic oxidation sites excluding steroid dienone is 1. The Kier molecular flexibility index (Phi) is 10.9. The van der Waals surface area contributed by atoms with E-state index in [9.17, 15) is 26.3 Å². The lowest BCUT2D eigenvalue weighted by molar-refractivity contribution is -0.139. The second-order valence-electron chi connectivity index (χ2n) is 7.23. The topological polar surface area (TPSA) is 12.0 Å². The van der Waals surface area contributed by atoms with Gasteiger partial charge in [-0.25, -0.2) is 0 Å². The Hall–Kier alpha value is -0.910. The average Bonchev–Trinajstić information content (AvgIpc) is 2.73. The van der Waals surface area contributed by atoms with Gasteiger partial charge in [0.25, 0.3) is 0 Å². The van der Waals surface area contributed by atoms with Crippen LogP contribution in [0.25, 0.3) is 6.08 Å². The molecule has 0 radical (unpaired) electrons. The first-order valence-corrected chi connectivity index (χ1v) is 12.4. The molecule has 1 unspecified atom stereocenters. The number of benzene rings is 2. The van der Waals surface area contributed by atoms with Gasteiger partial charge in [0.15, 0.2) is 0 Å². The zero-order valence-corrected chi connectivity index (χ0v) is 22.8. The highest BCUT2D eigenvalue weighted by Crippen LogP contribution is 2.41. The number of rotatable bonds is 8. The van der Waals surface area contributed by atoms with Gasteiger partial charge < -0.3 is 5.32 Å². The predicted octanol–water partition coefficient (Wildman–Crippen LogP) is 9.75. The summed E-state index contributed by atoms with van der Waals surface area (Å²) in [5.74, 6) is -1.99. The minimum Gasteiger partial charge on any atom is -0.371 e. The van der Waals surface area contributed by atoms with Crippen LogP contribution in [0.4, 0.5) is 26.3 Å². The number of alkyl halides is 6. The molecule has 0 bridgehead atoms. The second kappa shape index (κ2) is 12.6. The number of nitrogens with one attached hydrogen (secondary N) is 1. The van der Waals surface area contributed by atoms with Gasteiger partial charge >= 0.3 is 12.4 Å². The van der Waals surface area contributed by atoms with E-state index >= 15 is 0 Å². The molecule has 0 aliphatic rings. The summed E-state index contributed by atoms with van der Waals surface area (Å²) < 4.78 is 78.4. The van der Waals surface area contributed by atoms with E-state index in [2.05, 4.69) is 21.2 Å². The minimum atomic E-state index is -4.62. The van der Waals surface area contributed by atoms with Crippen LogP contribution in [0.2, 0.25) is 15.1 Å². The first-order chi connectivity index (χ1) is 16.1. The molecular formula is C22H15BrCl3F6NS2. The molecule has 0 heterocycles. The molecule has 0 aromatic heterocycles. The van der Waals surface area contributed by atoms with Crippen LogP contribution in [-0.2, 0) is 0 Å². The molecule has 190 valence electrons. The van der Waals surface area contributed by atoms with Gasteiger partial charge in [0.2, 0.25) is 0 Å². The van der Waals surface area contributed by atoms with E-state index in [1.54, 1.807) is 18.2 Å². The molecule has 13 heteroatoms. The van der Waals surface area contributed by atoms with Gasteiger partial charge in [-0.2, -0.15) is 26.3 Å². The van der Waals surface area contributed by atoms with Crippen LogP contribution in [0.3, 0.4) is 0 Å². The maximum atomic E-state index is 13.7. The Morgan fingerprint density at radius 3 is 2.09 bits per heavy atom. The van der Waals surface area contributed by atoms with Crippen molar-refractivity contribution in [3.8, 4) is 0 Å². The Morgan fingerprint density at radius 2 is 1.57 bits per heavy atom. The van der Waals surface area contributed by atoms with Crippen molar-refractivity contribution in [2.24, 2.45) is 0 Å². The fourth-order valence-corrected chi connectivity index (χ4v) is 4.72. The quantitative estimate of drug-likeness (QED) is 0.131. The first-order valence-electron chi connectivity index (χ1n) is 9.64. The van der Waals surface area contributed by atoms with Gasteiger partial charge in [0.1, 0.15) is 6.54 Å². The molecule has 0 spiro atoms. The van der Waals surface area contributed by atoms with E-state index in [4.69, 9.17) is 59.2 Å². The monoisotopic (exact) mass is 655 g/mol. The van der Waals surface area contributed by atoms with Crippen LogP contribution < -0.4 is 5.32 Å². The number of hydrogen-bond donors (Lipinski definition) is 1. The maximum absolute atomic E-state index is 13.7. The highest BCUT2D eigenvalue weighted by molar-refractivity contribution is 9.10. The summed E-state index contributed by atoms with van der Waals surface area (Å²) in [6, 6.07) is 6.98. The zero-order chi connectivity index (χ0) is 26.6. The zero-order valence-electron chi connectivity index (χ0n) is 17.3. The highest BCUT2D eigenvalue weighted by atomic mass is 79.9. The Labute approximate surface area is 231 Å². The number of thiocarbonyl (C=S) groups is 2. The van der Waals surface area contributed by atoms with Crippen molar-refractivity contribution < 1.29 is 26.3 Å². The number of halogens is 10. The summed E-state index contributed by atoms with van der Waals surface area (Å²) in [6.07, 6.45) is -6.38. The summed E-state index contributed by atoms with van der Waals surface area (Å²) >= 11 is 31.2. The molecule has 35 heavy (non-hydrogen) atoms. The molecule has 0 amide bonds. The van der Waals surface area contributed by atoms with Crippen LogP contribution in [0.15, 0.2) is 40.9 Å². The Bertz CT molecular complexity index is 1110. The fourth-order valence-electron chi connectivity index (χ4n) is 2.88. The van der Waals surface area contributed by atoms with Gasteiger partial charge in [-0.3, -0.25) is 0 Å². The van der Waals surface area contributed by atoms with Crippen LogP contribution in [0, 0.1) is 0 Å². The summed E-state index contributed by atoms with van der Waals surface area (Å²) in [7, 11) is 0. The summed E-state index contributed by atoms with van der Waals surface area (Å²) in [6.45, 7) is -1.23. The average molecular weight is 658 g/mol. The molecule has 0 aliphatic heterocycles. The lowest BCUT2D eigenvalue weighted by Gasteiger charge is -2.18. The SMILES string of the molecule is FC(F)(F)CNC(=S)CCC(=S)c1ccc(/C=C/C(c2cc(Cl)c(Cl)c(Cl)c2)C(F)(F)F)cc1Br. The highest BCUT2D eigenvalue weighted by Gasteiger charge is 2.39. The van der Waals surface area contributed by atoms with Gasteiger partial charge in [-0.05, 0) is 35.7 Å².